The maximum Gasteiger partial charge on any atom is 0.252 e. The lowest BCUT2D eigenvalue weighted by Gasteiger charge is -2.12. The number of carbonyl (C=O) groups excluding carboxylic acids is 1. The maximum absolute atomic E-state index is 13.9. The minimum Gasteiger partial charge on any atom is -0.436 e. The summed E-state index contributed by atoms with van der Waals surface area (Å²) in [5.74, 6) is 0.0435. The fourth-order valence-corrected chi connectivity index (χ4v) is 2.46. The van der Waals surface area contributed by atoms with Crippen molar-refractivity contribution in [2.45, 2.75) is 26.3 Å². The number of nitrogens with one attached hydrogen (secondary N) is 1. The lowest BCUT2D eigenvalue weighted by atomic mass is 10.1. The monoisotopic (exact) mass is 338 g/mol. The molecule has 128 valence electrons. The van der Waals surface area contributed by atoms with Crippen LogP contribution in [0.5, 0.6) is 0 Å². The lowest BCUT2D eigenvalue weighted by molar-refractivity contribution is 0.0939. The van der Waals surface area contributed by atoms with Gasteiger partial charge >= 0.3 is 0 Å². The number of aromatic nitrogens is 1. The zero-order valence-corrected chi connectivity index (χ0v) is 14.1. The van der Waals surface area contributed by atoms with E-state index in [2.05, 4.69) is 10.3 Å². The number of hydrogen-bond acceptors (Lipinski definition) is 3. The summed E-state index contributed by atoms with van der Waals surface area (Å²) in [4.78, 5) is 16.7. The zero-order valence-electron chi connectivity index (χ0n) is 14.1. The summed E-state index contributed by atoms with van der Waals surface area (Å²) in [6, 6.07) is 13.5. The van der Waals surface area contributed by atoms with Gasteiger partial charge in [0.1, 0.15) is 5.82 Å². The molecule has 4 nitrogen and oxygen atoms in total. The first-order chi connectivity index (χ1) is 12.1. The van der Waals surface area contributed by atoms with E-state index in [1.807, 2.05) is 19.9 Å². The second kappa shape index (κ2) is 7.30. The Morgan fingerprint density at radius 1 is 1.16 bits per heavy atom. The van der Waals surface area contributed by atoms with E-state index in [1.54, 1.807) is 36.4 Å². The number of carbonyl (C=O) groups is 1. The second-order valence-electron chi connectivity index (χ2n) is 5.84. The van der Waals surface area contributed by atoms with E-state index in [4.69, 9.17) is 4.42 Å². The van der Waals surface area contributed by atoms with E-state index < -0.39 is 0 Å². The molecule has 1 N–H and O–H groups in total. The van der Waals surface area contributed by atoms with Crippen LogP contribution in [-0.2, 0) is 0 Å². The van der Waals surface area contributed by atoms with E-state index in [0.29, 0.717) is 22.5 Å². The van der Waals surface area contributed by atoms with Crippen molar-refractivity contribution < 1.29 is 13.6 Å². The first-order valence-corrected chi connectivity index (χ1v) is 8.21. The summed E-state index contributed by atoms with van der Waals surface area (Å²) in [7, 11) is 0. The van der Waals surface area contributed by atoms with Gasteiger partial charge in [-0.25, -0.2) is 9.37 Å². The van der Waals surface area contributed by atoms with Crippen LogP contribution in [0.25, 0.3) is 22.8 Å². The molecule has 0 saturated carbocycles. The molecular weight excluding hydrogens is 319 g/mol. The lowest BCUT2D eigenvalue weighted by Crippen LogP contribution is -2.32. The number of halogens is 1. The van der Waals surface area contributed by atoms with Gasteiger partial charge in [0.2, 0.25) is 5.89 Å². The van der Waals surface area contributed by atoms with Gasteiger partial charge < -0.3 is 9.73 Å². The van der Waals surface area contributed by atoms with Crippen molar-refractivity contribution in [3.8, 4) is 22.8 Å². The van der Waals surface area contributed by atoms with E-state index in [9.17, 15) is 9.18 Å². The molecule has 0 spiro atoms. The van der Waals surface area contributed by atoms with Gasteiger partial charge in [0.25, 0.3) is 5.91 Å². The molecule has 0 aliphatic carbocycles. The molecule has 25 heavy (non-hydrogen) atoms. The third kappa shape index (κ3) is 3.60. The fraction of sp³-hybridized carbons (Fsp3) is 0.200. The van der Waals surface area contributed by atoms with Crippen LogP contribution in [0.15, 0.2) is 59.1 Å². The summed E-state index contributed by atoms with van der Waals surface area (Å²) in [6.07, 6.45) is 2.31. The number of benzene rings is 2. The summed E-state index contributed by atoms with van der Waals surface area (Å²) in [5, 5.41) is 2.94. The predicted molar refractivity (Wildman–Crippen MR) is 94.6 cm³/mol. The Labute approximate surface area is 145 Å². The van der Waals surface area contributed by atoms with E-state index in [1.165, 1.54) is 12.3 Å². The van der Waals surface area contributed by atoms with E-state index in [0.717, 1.165) is 6.42 Å². The third-order valence-electron chi connectivity index (χ3n) is 4.04. The Bertz CT molecular complexity index is 889. The van der Waals surface area contributed by atoms with Crippen molar-refractivity contribution in [2.24, 2.45) is 0 Å². The highest BCUT2D eigenvalue weighted by atomic mass is 19.1. The van der Waals surface area contributed by atoms with Crippen molar-refractivity contribution in [1.29, 1.82) is 0 Å². The quantitative estimate of drug-likeness (QED) is 0.735. The molecule has 1 atom stereocenters. The average Bonchev–Trinajstić information content (AvgIpc) is 3.11. The smallest absolute Gasteiger partial charge is 0.252 e. The Morgan fingerprint density at radius 3 is 2.56 bits per heavy atom. The molecule has 0 aliphatic heterocycles. The molecule has 0 saturated heterocycles. The van der Waals surface area contributed by atoms with Gasteiger partial charge in [0.15, 0.2) is 5.76 Å². The van der Waals surface area contributed by atoms with Crippen molar-refractivity contribution >= 4 is 5.91 Å². The van der Waals surface area contributed by atoms with Crippen LogP contribution >= 0.6 is 0 Å². The molecular formula is C20H19FN2O2. The molecule has 0 aliphatic rings. The van der Waals surface area contributed by atoms with Crippen LogP contribution in [0.4, 0.5) is 4.39 Å². The Balaban J connectivity index is 1.96. The third-order valence-corrected chi connectivity index (χ3v) is 4.04. The normalized spacial score (nSPS) is 12.0. The molecule has 0 bridgehead atoms. The molecule has 1 aromatic heterocycles. The number of amides is 1. The van der Waals surface area contributed by atoms with E-state index in [-0.39, 0.29) is 23.7 Å². The predicted octanol–water partition coefficient (Wildman–Crippen LogP) is 4.68. The standard InChI is InChI=1S/C20H19FN2O2/c1-3-13(2)23-19(24)14-8-4-5-9-15(14)20-22-12-18(25-20)16-10-6-7-11-17(16)21/h4-13H,3H2,1-2H3,(H,23,24)/t13-/m0/s1. The van der Waals surface area contributed by atoms with Crippen LogP contribution in [0.3, 0.4) is 0 Å². The zero-order chi connectivity index (χ0) is 17.8. The minimum absolute atomic E-state index is 0.0686. The molecule has 0 unspecified atom stereocenters. The maximum atomic E-state index is 13.9. The molecule has 1 amide bonds. The summed E-state index contributed by atoms with van der Waals surface area (Å²) in [5.41, 5.74) is 1.39. The Kier molecular flexibility index (Phi) is 4.93. The summed E-state index contributed by atoms with van der Waals surface area (Å²) in [6.45, 7) is 3.95. The molecule has 1 heterocycles. The summed E-state index contributed by atoms with van der Waals surface area (Å²) < 4.78 is 19.7. The van der Waals surface area contributed by atoms with Gasteiger partial charge in [-0.05, 0) is 37.6 Å². The molecule has 0 fully saturated rings. The fourth-order valence-electron chi connectivity index (χ4n) is 2.46. The molecule has 5 heteroatoms. The Morgan fingerprint density at radius 2 is 1.84 bits per heavy atom. The molecule has 2 aromatic carbocycles. The number of hydrogen-bond donors (Lipinski definition) is 1. The van der Waals surface area contributed by atoms with Gasteiger partial charge in [0.05, 0.1) is 17.3 Å². The largest absolute Gasteiger partial charge is 0.436 e. The average molecular weight is 338 g/mol. The van der Waals surface area contributed by atoms with Crippen molar-refractivity contribution in [1.82, 2.24) is 10.3 Å². The minimum atomic E-state index is -0.381. The molecule has 0 radical (unpaired) electrons. The van der Waals surface area contributed by atoms with Gasteiger partial charge in [0, 0.05) is 11.6 Å². The SMILES string of the molecule is CC[C@H](C)NC(=O)c1ccccc1-c1ncc(-c2ccccc2F)o1. The highest BCUT2D eigenvalue weighted by Gasteiger charge is 2.18. The van der Waals surface area contributed by atoms with Crippen LogP contribution < -0.4 is 5.32 Å². The second-order valence-corrected chi connectivity index (χ2v) is 5.84. The van der Waals surface area contributed by atoms with Gasteiger partial charge in [-0.2, -0.15) is 0 Å². The van der Waals surface area contributed by atoms with Crippen molar-refractivity contribution in [3.63, 3.8) is 0 Å². The van der Waals surface area contributed by atoms with E-state index >= 15 is 0 Å². The van der Waals surface area contributed by atoms with Crippen LogP contribution in [0, 0.1) is 5.82 Å². The van der Waals surface area contributed by atoms with Crippen LogP contribution in [-0.4, -0.2) is 16.9 Å². The van der Waals surface area contributed by atoms with Gasteiger partial charge in [-0.3, -0.25) is 4.79 Å². The first-order valence-electron chi connectivity index (χ1n) is 8.21. The number of nitrogens with zero attached hydrogens (tertiary/aromatic N) is 1. The van der Waals surface area contributed by atoms with Gasteiger partial charge in [-0.15, -0.1) is 0 Å². The van der Waals surface area contributed by atoms with Crippen molar-refractivity contribution in [2.75, 3.05) is 0 Å². The highest BCUT2D eigenvalue weighted by molar-refractivity contribution is 6.00. The topological polar surface area (TPSA) is 55.1 Å². The van der Waals surface area contributed by atoms with Crippen molar-refractivity contribution in [3.05, 3.63) is 66.1 Å². The number of oxazole rings is 1. The molecule has 3 rings (SSSR count). The summed E-state index contributed by atoms with van der Waals surface area (Å²) >= 11 is 0. The highest BCUT2D eigenvalue weighted by Crippen LogP contribution is 2.29. The first kappa shape index (κ1) is 16.9. The number of rotatable bonds is 5. The van der Waals surface area contributed by atoms with Crippen LogP contribution in [0.2, 0.25) is 0 Å². The molecule has 3 aromatic rings. The Hall–Kier alpha value is -2.95. The van der Waals surface area contributed by atoms with Gasteiger partial charge in [-0.1, -0.05) is 31.2 Å². The van der Waals surface area contributed by atoms with Crippen LogP contribution in [0.1, 0.15) is 30.6 Å².